The minimum absolute atomic E-state index is 0.846. The second-order valence-corrected chi connectivity index (χ2v) is 8.20. The van der Waals surface area contributed by atoms with E-state index < -0.39 is 0 Å². The minimum atomic E-state index is 0.846. The topological polar surface area (TPSA) is 72.1 Å². The first-order valence-corrected chi connectivity index (χ1v) is 11.6. The molecular formula is C26H33N7. The van der Waals surface area contributed by atoms with Gasteiger partial charge in [-0.2, -0.15) is 5.10 Å². The number of guanidine groups is 1. The van der Waals surface area contributed by atoms with E-state index in [1.807, 2.05) is 36.0 Å². The number of hydrogen-bond donors (Lipinski definition) is 2. The standard InChI is InChI=1S/C26H33N7/c1-20-22(19-33(31-20)23-12-5-4-6-13-23)11-9-16-28-26(27-3)29-17-10-18-32-21(2)30-24-14-7-8-15-25(24)32/h4-8,12-15,19H,9-11,16-18H2,1-3H3,(H2,27,28,29). The van der Waals surface area contributed by atoms with Gasteiger partial charge in [-0.05, 0) is 62.9 Å². The molecule has 4 aromatic rings. The smallest absolute Gasteiger partial charge is 0.190 e. The number of para-hydroxylation sites is 3. The van der Waals surface area contributed by atoms with Crippen LogP contribution in [-0.2, 0) is 13.0 Å². The van der Waals surface area contributed by atoms with Crippen molar-refractivity contribution in [3.63, 3.8) is 0 Å². The number of aliphatic imine (C=N–C) groups is 1. The highest BCUT2D eigenvalue weighted by Gasteiger charge is 2.08. The third-order valence-corrected chi connectivity index (χ3v) is 5.86. The molecule has 33 heavy (non-hydrogen) atoms. The Morgan fingerprint density at radius 1 is 0.939 bits per heavy atom. The van der Waals surface area contributed by atoms with E-state index in [1.54, 1.807) is 0 Å². The molecule has 0 unspecified atom stereocenters. The number of imidazole rings is 1. The highest BCUT2D eigenvalue weighted by molar-refractivity contribution is 5.79. The Morgan fingerprint density at radius 3 is 2.45 bits per heavy atom. The molecule has 0 aliphatic rings. The Labute approximate surface area is 195 Å². The van der Waals surface area contributed by atoms with Gasteiger partial charge in [0.05, 0.1) is 22.4 Å². The van der Waals surface area contributed by atoms with Crippen LogP contribution in [0.5, 0.6) is 0 Å². The SMILES string of the molecule is CN=C(NCCCc1cn(-c2ccccc2)nc1C)NCCCn1c(C)nc2ccccc21. The molecule has 2 heterocycles. The molecule has 0 aliphatic heterocycles. The molecule has 7 heteroatoms. The van der Waals surface area contributed by atoms with E-state index in [-0.39, 0.29) is 0 Å². The van der Waals surface area contributed by atoms with Crippen molar-refractivity contribution in [2.45, 2.75) is 39.7 Å². The molecule has 0 saturated heterocycles. The van der Waals surface area contributed by atoms with E-state index in [9.17, 15) is 0 Å². The van der Waals surface area contributed by atoms with Gasteiger partial charge in [-0.3, -0.25) is 4.99 Å². The number of hydrogen-bond acceptors (Lipinski definition) is 3. The van der Waals surface area contributed by atoms with Crippen molar-refractivity contribution in [1.82, 2.24) is 30.0 Å². The average Bonchev–Trinajstić information content (AvgIpc) is 3.37. The fraction of sp³-hybridized carbons (Fsp3) is 0.346. The first-order valence-electron chi connectivity index (χ1n) is 11.6. The molecule has 0 radical (unpaired) electrons. The molecule has 2 aromatic carbocycles. The Bertz CT molecular complexity index is 1200. The molecule has 0 aliphatic carbocycles. The summed E-state index contributed by atoms with van der Waals surface area (Å²) in [5, 5.41) is 11.5. The molecule has 172 valence electrons. The number of aryl methyl sites for hydroxylation is 4. The lowest BCUT2D eigenvalue weighted by Gasteiger charge is -2.12. The van der Waals surface area contributed by atoms with Gasteiger partial charge in [-0.15, -0.1) is 0 Å². The summed E-state index contributed by atoms with van der Waals surface area (Å²) in [5.41, 5.74) is 5.72. The zero-order valence-electron chi connectivity index (χ0n) is 19.8. The second-order valence-electron chi connectivity index (χ2n) is 8.20. The summed E-state index contributed by atoms with van der Waals surface area (Å²) in [4.78, 5) is 9.00. The average molecular weight is 444 g/mol. The summed E-state index contributed by atoms with van der Waals surface area (Å²) in [6, 6.07) is 18.5. The van der Waals surface area contributed by atoms with Crippen molar-refractivity contribution in [2.75, 3.05) is 20.1 Å². The van der Waals surface area contributed by atoms with E-state index >= 15 is 0 Å². The van der Waals surface area contributed by atoms with Gasteiger partial charge in [-0.1, -0.05) is 30.3 Å². The van der Waals surface area contributed by atoms with Crippen molar-refractivity contribution >= 4 is 17.0 Å². The third-order valence-electron chi connectivity index (χ3n) is 5.86. The molecule has 0 spiro atoms. The maximum atomic E-state index is 4.66. The lowest BCUT2D eigenvalue weighted by molar-refractivity contribution is 0.623. The fourth-order valence-corrected chi connectivity index (χ4v) is 4.08. The van der Waals surface area contributed by atoms with Gasteiger partial charge in [0.25, 0.3) is 0 Å². The Kier molecular flexibility index (Phi) is 7.40. The summed E-state index contributed by atoms with van der Waals surface area (Å²) in [6.45, 7) is 6.80. The van der Waals surface area contributed by atoms with Crippen LogP contribution in [0.3, 0.4) is 0 Å². The fourth-order valence-electron chi connectivity index (χ4n) is 4.08. The van der Waals surface area contributed by atoms with Crippen LogP contribution in [0.4, 0.5) is 0 Å². The Morgan fingerprint density at radius 2 is 1.67 bits per heavy atom. The van der Waals surface area contributed by atoms with Crippen LogP contribution >= 0.6 is 0 Å². The number of nitrogens with one attached hydrogen (secondary N) is 2. The van der Waals surface area contributed by atoms with E-state index in [1.165, 1.54) is 11.1 Å². The highest BCUT2D eigenvalue weighted by atomic mass is 15.3. The number of aromatic nitrogens is 4. The number of nitrogens with zero attached hydrogens (tertiary/aromatic N) is 5. The van der Waals surface area contributed by atoms with E-state index in [0.717, 1.165) is 67.6 Å². The zero-order valence-corrected chi connectivity index (χ0v) is 19.8. The second kappa shape index (κ2) is 10.8. The van der Waals surface area contributed by atoms with E-state index in [0.29, 0.717) is 0 Å². The number of rotatable bonds is 9. The van der Waals surface area contributed by atoms with Crippen LogP contribution in [0.25, 0.3) is 16.7 Å². The molecule has 0 saturated carbocycles. The monoisotopic (exact) mass is 443 g/mol. The molecule has 4 rings (SSSR count). The van der Waals surface area contributed by atoms with Crippen molar-refractivity contribution < 1.29 is 0 Å². The van der Waals surface area contributed by atoms with Crippen molar-refractivity contribution in [1.29, 1.82) is 0 Å². The van der Waals surface area contributed by atoms with Crippen LogP contribution < -0.4 is 10.6 Å². The van der Waals surface area contributed by atoms with E-state index in [2.05, 4.69) is 80.7 Å². The minimum Gasteiger partial charge on any atom is -0.356 e. The number of fused-ring (bicyclic) bond motifs is 1. The summed E-state index contributed by atoms with van der Waals surface area (Å²) in [6.07, 6.45) is 5.14. The van der Waals surface area contributed by atoms with Gasteiger partial charge in [0.15, 0.2) is 5.96 Å². The van der Waals surface area contributed by atoms with Crippen molar-refractivity contribution in [3.05, 3.63) is 77.9 Å². The maximum absolute atomic E-state index is 4.66. The quantitative estimate of drug-likeness (QED) is 0.233. The molecule has 7 nitrogen and oxygen atoms in total. The molecule has 0 amide bonds. The first kappa shape index (κ1) is 22.6. The first-order chi connectivity index (χ1) is 16.2. The predicted octanol–water partition coefficient (Wildman–Crippen LogP) is 4.03. The van der Waals surface area contributed by atoms with E-state index in [4.69, 9.17) is 0 Å². The van der Waals surface area contributed by atoms with Crippen LogP contribution in [0.15, 0.2) is 65.8 Å². The molecule has 0 fully saturated rings. The van der Waals surface area contributed by atoms with Gasteiger partial charge in [0, 0.05) is 32.9 Å². The lowest BCUT2D eigenvalue weighted by atomic mass is 10.1. The third kappa shape index (κ3) is 5.61. The molecule has 0 atom stereocenters. The molecule has 0 bridgehead atoms. The van der Waals surface area contributed by atoms with Crippen molar-refractivity contribution in [2.24, 2.45) is 4.99 Å². The Balaban J connectivity index is 1.19. The van der Waals surface area contributed by atoms with Gasteiger partial charge in [0.1, 0.15) is 5.82 Å². The lowest BCUT2D eigenvalue weighted by Crippen LogP contribution is -2.38. The Hall–Kier alpha value is -3.61. The van der Waals surface area contributed by atoms with Crippen LogP contribution in [0.2, 0.25) is 0 Å². The summed E-state index contributed by atoms with van der Waals surface area (Å²) in [7, 11) is 1.82. The summed E-state index contributed by atoms with van der Waals surface area (Å²) < 4.78 is 4.24. The largest absolute Gasteiger partial charge is 0.356 e. The predicted molar refractivity (Wildman–Crippen MR) is 135 cm³/mol. The van der Waals surface area contributed by atoms with Crippen LogP contribution in [0, 0.1) is 13.8 Å². The van der Waals surface area contributed by atoms with Gasteiger partial charge >= 0.3 is 0 Å². The number of benzene rings is 2. The summed E-state index contributed by atoms with van der Waals surface area (Å²) in [5.74, 6) is 1.91. The van der Waals surface area contributed by atoms with Crippen molar-refractivity contribution in [3.8, 4) is 5.69 Å². The van der Waals surface area contributed by atoms with Gasteiger partial charge < -0.3 is 15.2 Å². The van der Waals surface area contributed by atoms with Crippen LogP contribution in [0.1, 0.15) is 29.9 Å². The zero-order chi connectivity index (χ0) is 23.0. The van der Waals surface area contributed by atoms with Gasteiger partial charge in [0.2, 0.25) is 0 Å². The highest BCUT2D eigenvalue weighted by Crippen LogP contribution is 2.16. The molecular weight excluding hydrogens is 410 g/mol. The molecule has 2 N–H and O–H groups in total. The molecule has 2 aromatic heterocycles. The maximum Gasteiger partial charge on any atom is 0.190 e. The van der Waals surface area contributed by atoms with Gasteiger partial charge in [-0.25, -0.2) is 9.67 Å². The normalized spacial score (nSPS) is 11.8. The van der Waals surface area contributed by atoms with Crippen LogP contribution in [-0.4, -0.2) is 45.4 Å². The summed E-state index contributed by atoms with van der Waals surface area (Å²) >= 11 is 0.